The summed E-state index contributed by atoms with van der Waals surface area (Å²) < 4.78 is 0. The zero-order valence-corrected chi connectivity index (χ0v) is 9.91. The molecule has 0 aliphatic heterocycles. The highest BCUT2D eigenvalue weighted by molar-refractivity contribution is 6.29. The van der Waals surface area contributed by atoms with Gasteiger partial charge < -0.3 is 0 Å². The van der Waals surface area contributed by atoms with E-state index in [0.717, 1.165) is 0 Å². The standard InChI is InChI=1S/C14H16O2/c1-4-14(9(2)3)12(15)10-7-5-6-8-11(10)13(14)16/h5-9H,4H2,1-3H3. The zero-order valence-electron chi connectivity index (χ0n) is 9.91. The van der Waals surface area contributed by atoms with Gasteiger partial charge in [0, 0.05) is 11.1 Å². The van der Waals surface area contributed by atoms with E-state index in [1.807, 2.05) is 32.9 Å². The molecule has 0 unspecified atom stereocenters. The molecule has 1 aliphatic rings. The zero-order chi connectivity index (χ0) is 11.9. The average molecular weight is 216 g/mol. The van der Waals surface area contributed by atoms with Crippen LogP contribution in [0.4, 0.5) is 0 Å². The minimum absolute atomic E-state index is 0.00519. The van der Waals surface area contributed by atoms with Crippen LogP contribution in [0.25, 0.3) is 0 Å². The van der Waals surface area contributed by atoms with E-state index in [0.29, 0.717) is 17.5 Å². The first-order valence-electron chi connectivity index (χ1n) is 5.74. The van der Waals surface area contributed by atoms with E-state index in [-0.39, 0.29) is 17.5 Å². The molecule has 2 rings (SSSR count). The summed E-state index contributed by atoms with van der Waals surface area (Å²) in [6, 6.07) is 7.15. The van der Waals surface area contributed by atoms with E-state index in [1.165, 1.54) is 0 Å². The normalized spacial score (nSPS) is 18.0. The van der Waals surface area contributed by atoms with Gasteiger partial charge in [-0.15, -0.1) is 0 Å². The van der Waals surface area contributed by atoms with Gasteiger partial charge >= 0.3 is 0 Å². The van der Waals surface area contributed by atoms with Crippen molar-refractivity contribution in [3.05, 3.63) is 35.4 Å². The summed E-state index contributed by atoms with van der Waals surface area (Å²) in [6.07, 6.45) is 0.580. The lowest BCUT2D eigenvalue weighted by Crippen LogP contribution is -2.38. The molecule has 0 saturated carbocycles. The predicted octanol–water partition coefficient (Wildman–Crippen LogP) is 3.12. The molecular weight excluding hydrogens is 200 g/mol. The third-order valence-electron chi connectivity index (χ3n) is 3.77. The summed E-state index contributed by atoms with van der Waals surface area (Å²) >= 11 is 0. The summed E-state index contributed by atoms with van der Waals surface area (Å²) in [6.45, 7) is 5.82. The number of carbonyl (C=O) groups excluding carboxylic acids is 2. The van der Waals surface area contributed by atoms with Crippen molar-refractivity contribution in [3.63, 3.8) is 0 Å². The van der Waals surface area contributed by atoms with E-state index in [2.05, 4.69) is 0 Å². The van der Waals surface area contributed by atoms with Gasteiger partial charge in [0.05, 0.1) is 5.41 Å². The van der Waals surface area contributed by atoms with Crippen molar-refractivity contribution in [2.75, 3.05) is 0 Å². The van der Waals surface area contributed by atoms with Gasteiger partial charge in [-0.05, 0) is 12.3 Å². The van der Waals surface area contributed by atoms with Crippen molar-refractivity contribution in [3.8, 4) is 0 Å². The Morgan fingerprint density at radius 1 is 1.06 bits per heavy atom. The maximum Gasteiger partial charge on any atom is 0.177 e. The van der Waals surface area contributed by atoms with Crippen LogP contribution in [0.1, 0.15) is 47.9 Å². The molecule has 0 amide bonds. The third-order valence-corrected chi connectivity index (χ3v) is 3.77. The van der Waals surface area contributed by atoms with Crippen molar-refractivity contribution in [1.29, 1.82) is 0 Å². The smallest absolute Gasteiger partial charge is 0.177 e. The number of rotatable bonds is 2. The maximum absolute atomic E-state index is 12.4. The Hall–Kier alpha value is -1.44. The monoisotopic (exact) mass is 216 g/mol. The van der Waals surface area contributed by atoms with Crippen molar-refractivity contribution in [2.45, 2.75) is 27.2 Å². The lowest BCUT2D eigenvalue weighted by molar-refractivity contribution is 0.0607. The van der Waals surface area contributed by atoms with Gasteiger partial charge in [-0.2, -0.15) is 0 Å². The lowest BCUT2D eigenvalue weighted by atomic mass is 9.71. The Morgan fingerprint density at radius 2 is 1.50 bits per heavy atom. The first kappa shape index (κ1) is 11.1. The van der Waals surface area contributed by atoms with E-state index < -0.39 is 5.41 Å². The van der Waals surface area contributed by atoms with Crippen LogP contribution in [0.2, 0.25) is 0 Å². The van der Waals surface area contributed by atoms with Crippen LogP contribution in [0.5, 0.6) is 0 Å². The quantitative estimate of drug-likeness (QED) is 0.712. The van der Waals surface area contributed by atoms with Crippen LogP contribution in [-0.4, -0.2) is 11.6 Å². The summed E-state index contributed by atoms with van der Waals surface area (Å²) in [5.41, 5.74) is 0.384. The van der Waals surface area contributed by atoms with Crippen LogP contribution >= 0.6 is 0 Å². The van der Waals surface area contributed by atoms with Crippen LogP contribution in [-0.2, 0) is 0 Å². The van der Waals surface area contributed by atoms with E-state index in [1.54, 1.807) is 12.1 Å². The number of ketones is 2. The Kier molecular flexibility index (Phi) is 2.45. The summed E-state index contributed by atoms with van der Waals surface area (Å²) in [5, 5.41) is 0. The number of fused-ring (bicyclic) bond motifs is 1. The Bertz CT molecular complexity index is 423. The molecule has 84 valence electrons. The van der Waals surface area contributed by atoms with Gasteiger partial charge in [-0.25, -0.2) is 0 Å². The highest BCUT2D eigenvalue weighted by Crippen LogP contribution is 2.44. The molecule has 1 aromatic carbocycles. The molecule has 0 heterocycles. The molecule has 2 heteroatoms. The van der Waals surface area contributed by atoms with Gasteiger partial charge in [0.1, 0.15) is 0 Å². The molecule has 0 saturated heterocycles. The molecule has 2 nitrogen and oxygen atoms in total. The fraction of sp³-hybridized carbons (Fsp3) is 0.429. The van der Waals surface area contributed by atoms with Gasteiger partial charge in [0.2, 0.25) is 0 Å². The number of benzene rings is 1. The first-order valence-corrected chi connectivity index (χ1v) is 5.74. The van der Waals surface area contributed by atoms with E-state index >= 15 is 0 Å². The molecule has 0 fully saturated rings. The Balaban J connectivity index is 2.65. The van der Waals surface area contributed by atoms with Crippen molar-refractivity contribution < 1.29 is 9.59 Å². The second-order valence-electron chi connectivity index (χ2n) is 4.68. The van der Waals surface area contributed by atoms with Crippen molar-refractivity contribution in [1.82, 2.24) is 0 Å². The Labute approximate surface area is 95.7 Å². The Morgan fingerprint density at radius 3 is 1.81 bits per heavy atom. The number of carbonyl (C=O) groups is 2. The van der Waals surface area contributed by atoms with Crippen LogP contribution in [0.3, 0.4) is 0 Å². The number of hydrogen-bond acceptors (Lipinski definition) is 2. The molecule has 0 spiro atoms. The highest BCUT2D eigenvalue weighted by Gasteiger charge is 2.53. The molecule has 1 aromatic rings. The van der Waals surface area contributed by atoms with Crippen LogP contribution in [0, 0.1) is 11.3 Å². The minimum Gasteiger partial charge on any atom is -0.293 e. The molecule has 16 heavy (non-hydrogen) atoms. The molecule has 0 aromatic heterocycles. The third kappa shape index (κ3) is 1.13. The van der Waals surface area contributed by atoms with E-state index in [4.69, 9.17) is 0 Å². The minimum atomic E-state index is -0.816. The number of Topliss-reactive ketones (excluding diaryl/α,β-unsaturated/α-hetero) is 2. The van der Waals surface area contributed by atoms with Crippen LogP contribution in [0.15, 0.2) is 24.3 Å². The van der Waals surface area contributed by atoms with Crippen molar-refractivity contribution in [2.24, 2.45) is 11.3 Å². The fourth-order valence-electron chi connectivity index (χ4n) is 2.72. The van der Waals surface area contributed by atoms with E-state index in [9.17, 15) is 9.59 Å². The second-order valence-corrected chi connectivity index (χ2v) is 4.68. The van der Waals surface area contributed by atoms with Gasteiger partial charge in [-0.3, -0.25) is 9.59 Å². The summed E-state index contributed by atoms with van der Waals surface area (Å²) in [4.78, 5) is 24.8. The van der Waals surface area contributed by atoms with Gasteiger partial charge in [0.15, 0.2) is 11.6 Å². The van der Waals surface area contributed by atoms with Gasteiger partial charge in [0.25, 0.3) is 0 Å². The second kappa shape index (κ2) is 3.55. The average Bonchev–Trinajstić information content (AvgIpc) is 2.50. The first-order chi connectivity index (χ1) is 7.55. The summed E-state index contributed by atoms with van der Waals surface area (Å²) in [7, 11) is 0. The molecule has 0 radical (unpaired) electrons. The largest absolute Gasteiger partial charge is 0.293 e. The lowest BCUT2D eigenvalue weighted by Gasteiger charge is -2.28. The topological polar surface area (TPSA) is 34.1 Å². The number of hydrogen-bond donors (Lipinski definition) is 0. The molecule has 0 N–H and O–H groups in total. The SMILES string of the molecule is CCC1(C(C)C)C(=O)c2ccccc2C1=O. The molecule has 0 bridgehead atoms. The summed E-state index contributed by atoms with van der Waals surface area (Å²) in [5.74, 6) is 0.0566. The highest BCUT2D eigenvalue weighted by atomic mass is 16.2. The predicted molar refractivity (Wildman–Crippen MR) is 62.7 cm³/mol. The maximum atomic E-state index is 12.4. The molecular formula is C14H16O2. The fourth-order valence-corrected chi connectivity index (χ4v) is 2.72. The molecule has 1 aliphatic carbocycles. The van der Waals surface area contributed by atoms with Crippen molar-refractivity contribution >= 4 is 11.6 Å². The van der Waals surface area contributed by atoms with Gasteiger partial charge in [-0.1, -0.05) is 45.0 Å². The molecule has 0 atom stereocenters. The van der Waals surface area contributed by atoms with Crippen LogP contribution < -0.4 is 0 Å².